The van der Waals surface area contributed by atoms with Gasteiger partial charge in [0, 0.05) is 18.0 Å². The van der Waals surface area contributed by atoms with Crippen molar-refractivity contribution in [1.82, 2.24) is 9.97 Å². The maximum atomic E-state index is 11.0. The molecule has 1 aromatic heterocycles. The summed E-state index contributed by atoms with van der Waals surface area (Å²) >= 11 is 0. The Hall–Kier alpha value is -1.65. The lowest BCUT2D eigenvalue weighted by Gasteiger charge is -1.98. The number of nitrogens with zero attached hydrogens (tertiary/aromatic N) is 2. The van der Waals surface area contributed by atoms with Gasteiger partial charge in [-0.05, 0) is 13.3 Å². The number of anilines is 1. The lowest BCUT2D eigenvalue weighted by molar-refractivity contribution is 1.04. The van der Waals surface area contributed by atoms with Gasteiger partial charge in [0.05, 0.1) is 0 Å². The number of nitrogens with one attached hydrogen (secondary N) is 2. The molecular weight excluding hydrogens is 168 g/mol. The normalized spacial score (nSPS) is 10.6. The van der Waals surface area contributed by atoms with Crippen molar-refractivity contribution in [2.45, 2.75) is 20.3 Å². The van der Waals surface area contributed by atoms with Crippen LogP contribution < -0.4 is 11.0 Å². The first kappa shape index (κ1) is 9.44. The van der Waals surface area contributed by atoms with E-state index in [1.54, 1.807) is 13.1 Å². The van der Waals surface area contributed by atoms with Crippen LogP contribution in [0.25, 0.3) is 0 Å². The standard InChI is InChI=1S/C8H12N4O/c1-3-4-9-12-8-10-6(2)5-7(13)11-8/h4-5H,3H2,1-2H3,(H2,10,11,12,13)/b9-4+. The molecule has 1 rings (SSSR count). The average molecular weight is 180 g/mol. The van der Waals surface area contributed by atoms with Gasteiger partial charge in [0.1, 0.15) is 0 Å². The summed E-state index contributed by atoms with van der Waals surface area (Å²) in [6.45, 7) is 3.72. The average Bonchev–Trinajstić information content (AvgIpc) is 2.03. The lowest BCUT2D eigenvalue weighted by Crippen LogP contribution is -2.10. The smallest absolute Gasteiger partial charge is 0.252 e. The number of hydrogen-bond donors (Lipinski definition) is 2. The van der Waals surface area contributed by atoms with Gasteiger partial charge in [0.2, 0.25) is 5.95 Å². The maximum Gasteiger partial charge on any atom is 0.252 e. The fourth-order valence-electron chi connectivity index (χ4n) is 0.830. The Balaban J connectivity index is 2.77. The van der Waals surface area contributed by atoms with E-state index >= 15 is 0 Å². The quantitative estimate of drug-likeness (QED) is 0.536. The van der Waals surface area contributed by atoms with E-state index in [2.05, 4.69) is 20.5 Å². The second-order valence-corrected chi connectivity index (χ2v) is 2.57. The molecule has 0 bridgehead atoms. The first-order valence-electron chi connectivity index (χ1n) is 4.08. The van der Waals surface area contributed by atoms with E-state index in [-0.39, 0.29) is 5.56 Å². The molecule has 13 heavy (non-hydrogen) atoms. The summed E-state index contributed by atoms with van der Waals surface area (Å²) in [5, 5.41) is 3.83. The molecule has 0 fully saturated rings. The molecule has 0 aliphatic carbocycles. The fourth-order valence-corrected chi connectivity index (χ4v) is 0.830. The van der Waals surface area contributed by atoms with Crippen molar-refractivity contribution in [3.8, 4) is 0 Å². The molecule has 1 heterocycles. The number of aromatic amines is 1. The highest BCUT2D eigenvalue weighted by molar-refractivity contribution is 5.57. The molecule has 0 saturated heterocycles. The van der Waals surface area contributed by atoms with Gasteiger partial charge >= 0.3 is 0 Å². The number of hydrazone groups is 1. The molecule has 0 aliphatic heterocycles. The van der Waals surface area contributed by atoms with E-state index in [4.69, 9.17) is 0 Å². The zero-order chi connectivity index (χ0) is 9.68. The van der Waals surface area contributed by atoms with Gasteiger partial charge in [0.25, 0.3) is 5.56 Å². The molecule has 0 radical (unpaired) electrons. The van der Waals surface area contributed by atoms with Gasteiger partial charge in [-0.1, -0.05) is 6.92 Å². The first-order valence-corrected chi connectivity index (χ1v) is 4.08. The minimum absolute atomic E-state index is 0.179. The Labute approximate surface area is 75.9 Å². The van der Waals surface area contributed by atoms with Crippen LogP contribution in [0.4, 0.5) is 5.95 Å². The van der Waals surface area contributed by atoms with Crippen molar-refractivity contribution >= 4 is 12.2 Å². The summed E-state index contributed by atoms with van der Waals surface area (Å²) in [5.41, 5.74) is 3.12. The summed E-state index contributed by atoms with van der Waals surface area (Å²) in [6.07, 6.45) is 2.53. The minimum Gasteiger partial charge on any atom is -0.291 e. The molecule has 0 unspecified atom stereocenters. The van der Waals surface area contributed by atoms with Crippen molar-refractivity contribution in [2.75, 3.05) is 5.43 Å². The second kappa shape index (κ2) is 4.39. The summed E-state index contributed by atoms with van der Waals surface area (Å²) in [5.74, 6) is 0.370. The molecule has 0 aliphatic rings. The molecule has 0 spiro atoms. The highest BCUT2D eigenvalue weighted by atomic mass is 16.1. The Morgan fingerprint density at radius 3 is 3.15 bits per heavy atom. The van der Waals surface area contributed by atoms with Crippen LogP contribution in [0.15, 0.2) is 16.0 Å². The lowest BCUT2D eigenvalue weighted by atomic mass is 10.5. The summed E-state index contributed by atoms with van der Waals surface area (Å²) in [6, 6.07) is 1.43. The van der Waals surface area contributed by atoms with Crippen LogP contribution in [0, 0.1) is 6.92 Å². The van der Waals surface area contributed by atoms with Crippen LogP contribution in [0.1, 0.15) is 19.0 Å². The van der Waals surface area contributed by atoms with Crippen LogP contribution in [0.3, 0.4) is 0 Å². The third-order valence-corrected chi connectivity index (χ3v) is 1.31. The molecule has 5 nitrogen and oxygen atoms in total. The Bertz CT molecular complexity index is 355. The number of rotatable bonds is 3. The molecule has 5 heteroatoms. The van der Waals surface area contributed by atoms with Gasteiger partial charge in [-0.2, -0.15) is 5.10 Å². The van der Waals surface area contributed by atoms with E-state index in [1.165, 1.54) is 6.07 Å². The second-order valence-electron chi connectivity index (χ2n) is 2.57. The third kappa shape index (κ3) is 3.06. The molecule has 0 amide bonds. The van der Waals surface area contributed by atoms with Gasteiger partial charge in [-0.15, -0.1) is 0 Å². The van der Waals surface area contributed by atoms with Crippen molar-refractivity contribution in [1.29, 1.82) is 0 Å². The topological polar surface area (TPSA) is 70.1 Å². The van der Waals surface area contributed by atoms with E-state index < -0.39 is 0 Å². The van der Waals surface area contributed by atoms with Crippen LogP contribution in [-0.4, -0.2) is 16.2 Å². The van der Waals surface area contributed by atoms with Gasteiger partial charge in [-0.3, -0.25) is 9.78 Å². The fraction of sp³-hybridized carbons (Fsp3) is 0.375. The van der Waals surface area contributed by atoms with Crippen LogP contribution in [0.2, 0.25) is 0 Å². The van der Waals surface area contributed by atoms with Gasteiger partial charge < -0.3 is 0 Å². The van der Waals surface area contributed by atoms with Gasteiger partial charge in [-0.25, -0.2) is 10.4 Å². The molecule has 2 N–H and O–H groups in total. The zero-order valence-electron chi connectivity index (χ0n) is 7.66. The van der Waals surface area contributed by atoms with E-state index in [1.807, 2.05) is 6.92 Å². The van der Waals surface area contributed by atoms with Crippen molar-refractivity contribution in [3.05, 3.63) is 22.1 Å². The number of aromatic nitrogens is 2. The maximum absolute atomic E-state index is 11.0. The van der Waals surface area contributed by atoms with E-state index in [9.17, 15) is 4.79 Å². The highest BCUT2D eigenvalue weighted by Gasteiger charge is 1.94. The summed E-state index contributed by atoms with van der Waals surface area (Å²) in [7, 11) is 0. The predicted molar refractivity (Wildman–Crippen MR) is 52.0 cm³/mol. The van der Waals surface area contributed by atoms with Crippen molar-refractivity contribution < 1.29 is 0 Å². The Morgan fingerprint density at radius 1 is 1.77 bits per heavy atom. The van der Waals surface area contributed by atoms with Gasteiger partial charge in [0.15, 0.2) is 0 Å². The van der Waals surface area contributed by atoms with Crippen molar-refractivity contribution in [2.24, 2.45) is 5.10 Å². The minimum atomic E-state index is -0.179. The molecule has 0 atom stereocenters. The Kier molecular flexibility index (Phi) is 3.19. The first-order chi connectivity index (χ1) is 6.22. The third-order valence-electron chi connectivity index (χ3n) is 1.31. The highest BCUT2D eigenvalue weighted by Crippen LogP contribution is 1.94. The van der Waals surface area contributed by atoms with Crippen LogP contribution >= 0.6 is 0 Å². The number of aryl methyl sites for hydroxylation is 1. The molecule has 0 saturated carbocycles. The van der Waals surface area contributed by atoms with Crippen LogP contribution in [0.5, 0.6) is 0 Å². The molecule has 0 aromatic carbocycles. The zero-order valence-corrected chi connectivity index (χ0v) is 7.66. The van der Waals surface area contributed by atoms with Crippen molar-refractivity contribution in [3.63, 3.8) is 0 Å². The largest absolute Gasteiger partial charge is 0.291 e. The van der Waals surface area contributed by atoms with E-state index in [0.717, 1.165) is 6.42 Å². The monoisotopic (exact) mass is 180 g/mol. The summed E-state index contributed by atoms with van der Waals surface area (Å²) in [4.78, 5) is 17.5. The summed E-state index contributed by atoms with van der Waals surface area (Å²) < 4.78 is 0. The van der Waals surface area contributed by atoms with E-state index in [0.29, 0.717) is 11.6 Å². The SMILES string of the molecule is CC/C=N/Nc1nc(C)cc(=O)[nH]1. The number of hydrogen-bond acceptors (Lipinski definition) is 4. The molecular formula is C8H12N4O. The predicted octanol–water partition coefficient (Wildman–Crippen LogP) is 0.886. The molecule has 70 valence electrons. The molecule has 1 aromatic rings. The van der Waals surface area contributed by atoms with Crippen LogP contribution in [-0.2, 0) is 0 Å². The number of H-pyrrole nitrogens is 1. The Morgan fingerprint density at radius 2 is 2.54 bits per heavy atom.